The molecule has 0 radical (unpaired) electrons. The van der Waals surface area contributed by atoms with Crippen LogP contribution in [0.5, 0.6) is 5.75 Å². The Morgan fingerprint density at radius 2 is 2.00 bits per heavy atom. The molecule has 102 valence electrons. The molecular weight excluding hydrogens is 229 g/mol. The van der Waals surface area contributed by atoms with Gasteiger partial charge in [0.15, 0.2) is 11.6 Å². The van der Waals surface area contributed by atoms with Gasteiger partial charge in [0.25, 0.3) is 0 Å². The first-order chi connectivity index (χ1) is 8.49. The van der Waals surface area contributed by atoms with Gasteiger partial charge in [-0.1, -0.05) is 26.3 Å². The van der Waals surface area contributed by atoms with Crippen molar-refractivity contribution in [3.63, 3.8) is 0 Å². The Kier molecular flexibility index (Phi) is 5.60. The quantitative estimate of drug-likeness (QED) is 0.769. The summed E-state index contributed by atoms with van der Waals surface area (Å²) < 4.78 is 18.7. The number of nitrogens with zero attached hydrogens (tertiary/aromatic N) is 1. The summed E-state index contributed by atoms with van der Waals surface area (Å²) in [5.74, 6) is 0.916. The Balaban J connectivity index is 3.01. The van der Waals surface area contributed by atoms with Crippen LogP contribution in [-0.4, -0.2) is 32.6 Å². The molecular formula is C15H24FNO. The lowest BCUT2D eigenvalue weighted by Gasteiger charge is -2.27. The minimum Gasteiger partial charge on any atom is -0.494 e. The number of hydrogen-bond donors (Lipinski definition) is 0. The van der Waals surface area contributed by atoms with E-state index in [9.17, 15) is 4.39 Å². The van der Waals surface area contributed by atoms with E-state index in [0.29, 0.717) is 17.6 Å². The molecule has 2 atom stereocenters. The van der Waals surface area contributed by atoms with Crippen molar-refractivity contribution in [2.24, 2.45) is 5.92 Å². The minimum atomic E-state index is -0.276. The average Bonchev–Trinajstić information content (AvgIpc) is 2.34. The van der Waals surface area contributed by atoms with Crippen molar-refractivity contribution in [1.82, 2.24) is 4.90 Å². The lowest BCUT2D eigenvalue weighted by atomic mass is 9.85. The van der Waals surface area contributed by atoms with Crippen molar-refractivity contribution in [3.8, 4) is 5.75 Å². The fraction of sp³-hybridized carbons (Fsp3) is 0.600. The standard InChI is InChI=1S/C15H24FNO/c1-6-11(2)13(10-17(3)4)12-7-8-15(18-5)14(16)9-12/h7-9,11,13H,6,10H2,1-5H3. The summed E-state index contributed by atoms with van der Waals surface area (Å²) >= 11 is 0. The van der Waals surface area contributed by atoms with E-state index in [1.54, 1.807) is 12.1 Å². The molecule has 0 bridgehead atoms. The van der Waals surface area contributed by atoms with Crippen LogP contribution in [0.25, 0.3) is 0 Å². The lowest BCUT2D eigenvalue weighted by Crippen LogP contribution is -2.24. The highest BCUT2D eigenvalue weighted by Crippen LogP contribution is 2.30. The maximum atomic E-state index is 13.8. The molecule has 0 aliphatic heterocycles. The molecule has 0 heterocycles. The Labute approximate surface area is 110 Å². The second kappa shape index (κ2) is 6.74. The van der Waals surface area contributed by atoms with Gasteiger partial charge in [-0.2, -0.15) is 0 Å². The topological polar surface area (TPSA) is 12.5 Å². The maximum Gasteiger partial charge on any atom is 0.165 e. The van der Waals surface area contributed by atoms with Crippen molar-refractivity contribution in [3.05, 3.63) is 29.6 Å². The molecule has 3 heteroatoms. The van der Waals surface area contributed by atoms with Gasteiger partial charge in [-0.15, -0.1) is 0 Å². The molecule has 0 aliphatic carbocycles. The largest absolute Gasteiger partial charge is 0.494 e. The van der Waals surface area contributed by atoms with E-state index in [1.165, 1.54) is 7.11 Å². The molecule has 1 rings (SSSR count). The van der Waals surface area contributed by atoms with Crippen LogP contribution in [0.15, 0.2) is 18.2 Å². The van der Waals surface area contributed by atoms with E-state index in [4.69, 9.17) is 4.74 Å². The number of benzene rings is 1. The van der Waals surface area contributed by atoms with Crippen LogP contribution in [0.3, 0.4) is 0 Å². The molecule has 0 saturated heterocycles. The fourth-order valence-corrected chi connectivity index (χ4v) is 2.21. The summed E-state index contributed by atoms with van der Waals surface area (Å²) in [6, 6.07) is 5.30. The van der Waals surface area contributed by atoms with Gasteiger partial charge in [-0.05, 0) is 43.6 Å². The van der Waals surface area contributed by atoms with Gasteiger partial charge in [0.1, 0.15) is 0 Å². The highest BCUT2D eigenvalue weighted by molar-refractivity contribution is 5.31. The van der Waals surface area contributed by atoms with Crippen LogP contribution in [0.1, 0.15) is 31.7 Å². The maximum absolute atomic E-state index is 13.8. The molecule has 1 aromatic rings. The van der Waals surface area contributed by atoms with E-state index >= 15 is 0 Å². The third-order valence-electron chi connectivity index (χ3n) is 3.50. The second-order valence-electron chi connectivity index (χ2n) is 5.15. The van der Waals surface area contributed by atoms with Gasteiger partial charge < -0.3 is 9.64 Å². The van der Waals surface area contributed by atoms with Gasteiger partial charge in [0, 0.05) is 6.54 Å². The molecule has 2 nitrogen and oxygen atoms in total. The molecule has 2 unspecified atom stereocenters. The van der Waals surface area contributed by atoms with Crippen LogP contribution in [0, 0.1) is 11.7 Å². The zero-order valence-corrected chi connectivity index (χ0v) is 12.0. The van der Waals surface area contributed by atoms with Crippen molar-refractivity contribution < 1.29 is 9.13 Å². The monoisotopic (exact) mass is 253 g/mol. The third-order valence-corrected chi connectivity index (χ3v) is 3.50. The summed E-state index contributed by atoms with van der Waals surface area (Å²) in [6.45, 7) is 5.32. The van der Waals surface area contributed by atoms with E-state index in [-0.39, 0.29) is 5.82 Å². The number of hydrogen-bond acceptors (Lipinski definition) is 2. The predicted octanol–water partition coefficient (Wildman–Crippen LogP) is 3.53. The first-order valence-corrected chi connectivity index (χ1v) is 6.47. The Hall–Kier alpha value is -1.09. The number of ether oxygens (including phenoxy) is 1. The van der Waals surface area contributed by atoms with Crippen molar-refractivity contribution in [2.75, 3.05) is 27.7 Å². The normalized spacial score (nSPS) is 14.6. The molecule has 0 fully saturated rings. The van der Waals surface area contributed by atoms with Crippen molar-refractivity contribution >= 4 is 0 Å². The van der Waals surface area contributed by atoms with Crippen LogP contribution in [-0.2, 0) is 0 Å². The second-order valence-corrected chi connectivity index (χ2v) is 5.15. The predicted molar refractivity (Wildman–Crippen MR) is 73.7 cm³/mol. The summed E-state index contributed by atoms with van der Waals surface area (Å²) in [4.78, 5) is 2.15. The third kappa shape index (κ3) is 3.70. The number of likely N-dealkylation sites (N-methyl/N-ethyl adjacent to an activating group) is 1. The summed E-state index contributed by atoms with van der Waals surface area (Å²) in [5.41, 5.74) is 1.05. The highest BCUT2D eigenvalue weighted by Gasteiger charge is 2.20. The zero-order chi connectivity index (χ0) is 13.7. The highest BCUT2D eigenvalue weighted by atomic mass is 19.1. The Morgan fingerprint density at radius 3 is 2.44 bits per heavy atom. The first-order valence-electron chi connectivity index (χ1n) is 6.47. The van der Waals surface area contributed by atoms with Crippen molar-refractivity contribution in [2.45, 2.75) is 26.2 Å². The van der Waals surface area contributed by atoms with Crippen LogP contribution in [0.4, 0.5) is 4.39 Å². The van der Waals surface area contributed by atoms with Gasteiger partial charge >= 0.3 is 0 Å². The summed E-state index contributed by atoms with van der Waals surface area (Å²) in [7, 11) is 5.59. The van der Waals surface area contributed by atoms with E-state index in [1.807, 2.05) is 6.07 Å². The van der Waals surface area contributed by atoms with Gasteiger partial charge in [-0.3, -0.25) is 0 Å². The number of rotatable bonds is 6. The summed E-state index contributed by atoms with van der Waals surface area (Å²) in [6.07, 6.45) is 1.09. The average molecular weight is 253 g/mol. The van der Waals surface area contributed by atoms with E-state index < -0.39 is 0 Å². The van der Waals surface area contributed by atoms with E-state index in [2.05, 4.69) is 32.8 Å². The summed E-state index contributed by atoms with van der Waals surface area (Å²) in [5, 5.41) is 0. The Bertz CT molecular complexity index is 379. The van der Waals surface area contributed by atoms with Gasteiger partial charge in [0.05, 0.1) is 7.11 Å². The molecule has 0 saturated carbocycles. The first kappa shape index (κ1) is 15.0. The van der Waals surface area contributed by atoms with Crippen molar-refractivity contribution in [1.29, 1.82) is 0 Å². The molecule has 0 aliphatic rings. The molecule has 1 aromatic carbocycles. The van der Waals surface area contributed by atoms with Crippen LogP contribution < -0.4 is 4.74 Å². The van der Waals surface area contributed by atoms with Gasteiger partial charge in [0.2, 0.25) is 0 Å². The Morgan fingerprint density at radius 1 is 1.33 bits per heavy atom. The smallest absolute Gasteiger partial charge is 0.165 e. The van der Waals surface area contributed by atoms with Crippen LogP contribution in [0.2, 0.25) is 0 Å². The lowest BCUT2D eigenvalue weighted by molar-refractivity contribution is 0.313. The zero-order valence-electron chi connectivity index (χ0n) is 12.0. The number of methoxy groups -OCH3 is 1. The SMILES string of the molecule is CCC(C)C(CN(C)C)c1ccc(OC)c(F)c1. The fourth-order valence-electron chi connectivity index (χ4n) is 2.21. The van der Waals surface area contributed by atoms with E-state index in [0.717, 1.165) is 18.5 Å². The minimum absolute atomic E-state index is 0.276. The van der Waals surface area contributed by atoms with Crippen LogP contribution >= 0.6 is 0 Å². The van der Waals surface area contributed by atoms with Gasteiger partial charge in [-0.25, -0.2) is 4.39 Å². The molecule has 18 heavy (non-hydrogen) atoms. The number of halogens is 1. The molecule has 0 aromatic heterocycles. The molecule has 0 N–H and O–H groups in total. The molecule has 0 amide bonds. The molecule has 0 spiro atoms.